The molecule has 0 spiro atoms. The zero-order chi connectivity index (χ0) is 21.2. The van der Waals surface area contributed by atoms with Crippen LogP contribution in [0, 0.1) is 18.3 Å². The summed E-state index contributed by atoms with van der Waals surface area (Å²) in [6.45, 7) is 3.18. The number of alkyl halides is 3. The van der Waals surface area contributed by atoms with Gasteiger partial charge in [-0.15, -0.1) is 13.2 Å². The highest BCUT2D eigenvalue weighted by molar-refractivity contribution is 6.00. The molecule has 0 aliphatic heterocycles. The van der Waals surface area contributed by atoms with Crippen molar-refractivity contribution in [3.05, 3.63) is 53.7 Å². The molecule has 0 aliphatic carbocycles. The van der Waals surface area contributed by atoms with E-state index in [9.17, 15) is 23.2 Å². The number of amides is 1. The highest BCUT2D eigenvalue weighted by Crippen LogP contribution is 2.34. The minimum absolute atomic E-state index is 0.192. The fourth-order valence-electron chi connectivity index (χ4n) is 2.80. The second kappa shape index (κ2) is 7.67. The maximum atomic E-state index is 12.5. The van der Waals surface area contributed by atoms with Gasteiger partial charge in [0, 0.05) is 35.9 Å². The van der Waals surface area contributed by atoms with Crippen molar-refractivity contribution in [3.8, 4) is 11.8 Å². The van der Waals surface area contributed by atoms with Gasteiger partial charge in [-0.2, -0.15) is 5.26 Å². The molecule has 0 aliphatic rings. The second-order valence-electron chi connectivity index (χ2n) is 6.22. The summed E-state index contributed by atoms with van der Waals surface area (Å²) in [4.78, 5) is 15.7. The average Bonchev–Trinajstić information content (AvgIpc) is 2.61. The highest BCUT2D eigenvalue weighted by Gasteiger charge is 2.31. The van der Waals surface area contributed by atoms with Crippen molar-refractivity contribution in [1.29, 1.82) is 5.26 Å². The fraction of sp³-hybridized carbons (Fsp3) is 0.150. The Bertz CT molecular complexity index is 1140. The molecule has 0 unspecified atom stereocenters. The molecule has 0 atom stereocenters. The van der Waals surface area contributed by atoms with Gasteiger partial charge in [0.2, 0.25) is 5.91 Å². The third-order valence-corrected chi connectivity index (χ3v) is 3.98. The Labute approximate surface area is 163 Å². The molecule has 1 aromatic heterocycles. The topological polar surface area (TPSA) is 87.0 Å². The number of aromatic nitrogens is 1. The fourth-order valence-corrected chi connectivity index (χ4v) is 2.80. The standard InChI is InChI=1S/C20H15F3N4O2/c1-11-6-18-16(8-17(11)26-12(2)28)19(13(9-24)10-25-18)27-14-4-3-5-15(7-14)29-20(21,22)23/h3-8,10H,1-2H3,(H,25,27)(H,26,28). The number of ether oxygens (including phenoxy) is 1. The second-order valence-corrected chi connectivity index (χ2v) is 6.22. The van der Waals surface area contributed by atoms with Crippen molar-refractivity contribution in [3.63, 3.8) is 0 Å². The van der Waals surface area contributed by atoms with E-state index in [4.69, 9.17) is 0 Å². The minimum Gasteiger partial charge on any atom is -0.406 e. The maximum Gasteiger partial charge on any atom is 0.573 e. The van der Waals surface area contributed by atoms with Crippen LogP contribution in [0.3, 0.4) is 0 Å². The van der Waals surface area contributed by atoms with Crippen molar-refractivity contribution < 1.29 is 22.7 Å². The first-order valence-electron chi connectivity index (χ1n) is 8.40. The summed E-state index contributed by atoms with van der Waals surface area (Å²) in [5.41, 5.74) is 2.71. The number of pyridine rings is 1. The summed E-state index contributed by atoms with van der Waals surface area (Å²) >= 11 is 0. The van der Waals surface area contributed by atoms with Crippen LogP contribution in [-0.4, -0.2) is 17.3 Å². The van der Waals surface area contributed by atoms with Gasteiger partial charge < -0.3 is 15.4 Å². The molecule has 3 rings (SSSR count). The van der Waals surface area contributed by atoms with Crippen molar-refractivity contribution in [1.82, 2.24) is 4.98 Å². The molecule has 2 aromatic carbocycles. The van der Waals surface area contributed by atoms with E-state index in [1.807, 2.05) is 6.07 Å². The number of nitrogens with one attached hydrogen (secondary N) is 2. The summed E-state index contributed by atoms with van der Waals surface area (Å²) < 4.78 is 41.4. The van der Waals surface area contributed by atoms with Crippen molar-refractivity contribution in [2.75, 3.05) is 10.6 Å². The summed E-state index contributed by atoms with van der Waals surface area (Å²) in [5, 5.41) is 15.7. The molecule has 0 saturated heterocycles. The molecule has 1 amide bonds. The number of rotatable bonds is 4. The van der Waals surface area contributed by atoms with E-state index >= 15 is 0 Å². The Morgan fingerprint density at radius 3 is 2.66 bits per heavy atom. The zero-order valence-corrected chi connectivity index (χ0v) is 15.4. The van der Waals surface area contributed by atoms with Gasteiger partial charge >= 0.3 is 6.36 Å². The number of aryl methyl sites for hydroxylation is 1. The predicted octanol–water partition coefficient (Wildman–Crippen LogP) is 5.02. The molecule has 0 radical (unpaired) electrons. The molecule has 2 N–H and O–H groups in total. The largest absolute Gasteiger partial charge is 0.573 e. The number of nitriles is 1. The molecule has 1 heterocycles. The van der Waals surface area contributed by atoms with Gasteiger partial charge in [0.15, 0.2) is 0 Å². The van der Waals surface area contributed by atoms with Crippen LogP contribution in [0.5, 0.6) is 5.75 Å². The van der Waals surface area contributed by atoms with E-state index < -0.39 is 12.1 Å². The number of hydrogen-bond donors (Lipinski definition) is 2. The van der Waals surface area contributed by atoms with E-state index in [2.05, 4.69) is 20.4 Å². The lowest BCUT2D eigenvalue weighted by Gasteiger charge is -2.15. The van der Waals surface area contributed by atoms with Crippen molar-refractivity contribution >= 4 is 33.9 Å². The number of anilines is 3. The predicted molar refractivity (Wildman–Crippen MR) is 102 cm³/mol. The summed E-state index contributed by atoms with van der Waals surface area (Å²) in [7, 11) is 0. The Kier molecular flexibility index (Phi) is 5.28. The van der Waals surface area contributed by atoms with Crippen LogP contribution in [0.25, 0.3) is 10.9 Å². The lowest BCUT2D eigenvalue weighted by Crippen LogP contribution is -2.17. The van der Waals surface area contributed by atoms with Crippen LogP contribution in [0.4, 0.5) is 30.2 Å². The number of benzene rings is 2. The maximum absolute atomic E-state index is 12.5. The van der Waals surface area contributed by atoms with Crippen LogP contribution < -0.4 is 15.4 Å². The van der Waals surface area contributed by atoms with Crippen LogP contribution >= 0.6 is 0 Å². The van der Waals surface area contributed by atoms with Gasteiger partial charge in [-0.25, -0.2) is 0 Å². The average molecular weight is 400 g/mol. The zero-order valence-electron chi connectivity index (χ0n) is 15.4. The lowest BCUT2D eigenvalue weighted by molar-refractivity contribution is -0.274. The van der Waals surface area contributed by atoms with Gasteiger partial charge in [-0.05, 0) is 36.8 Å². The number of fused-ring (bicyclic) bond motifs is 1. The minimum atomic E-state index is -4.81. The van der Waals surface area contributed by atoms with E-state index in [0.29, 0.717) is 22.3 Å². The Hall–Kier alpha value is -3.80. The summed E-state index contributed by atoms with van der Waals surface area (Å²) in [6.07, 6.45) is -3.44. The van der Waals surface area contributed by atoms with Crippen LogP contribution in [0.2, 0.25) is 0 Å². The third kappa shape index (κ3) is 4.73. The van der Waals surface area contributed by atoms with Gasteiger partial charge in [-0.3, -0.25) is 9.78 Å². The Morgan fingerprint density at radius 1 is 1.24 bits per heavy atom. The van der Waals surface area contributed by atoms with Crippen LogP contribution in [-0.2, 0) is 4.79 Å². The van der Waals surface area contributed by atoms with Gasteiger partial charge in [0.05, 0.1) is 16.8 Å². The smallest absolute Gasteiger partial charge is 0.406 e. The molecule has 3 aromatic rings. The quantitative estimate of drug-likeness (QED) is 0.642. The molecule has 6 nitrogen and oxygen atoms in total. The van der Waals surface area contributed by atoms with Gasteiger partial charge in [0.25, 0.3) is 0 Å². The molecule has 0 saturated carbocycles. The van der Waals surface area contributed by atoms with E-state index in [-0.39, 0.29) is 17.2 Å². The SMILES string of the molecule is CC(=O)Nc1cc2c(Nc3cccc(OC(F)(F)F)c3)c(C#N)cnc2cc1C. The van der Waals surface area contributed by atoms with Crippen molar-refractivity contribution in [2.24, 2.45) is 0 Å². The molecule has 9 heteroatoms. The van der Waals surface area contributed by atoms with E-state index in [0.717, 1.165) is 5.56 Å². The molecular formula is C20H15F3N4O2. The number of carbonyl (C=O) groups is 1. The Balaban J connectivity index is 2.09. The summed E-state index contributed by atoms with van der Waals surface area (Å²) in [5.74, 6) is -0.655. The molecular weight excluding hydrogens is 385 g/mol. The molecule has 148 valence electrons. The third-order valence-electron chi connectivity index (χ3n) is 3.98. The molecule has 0 bridgehead atoms. The van der Waals surface area contributed by atoms with Crippen LogP contribution in [0.15, 0.2) is 42.6 Å². The van der Waals surface area contributed by atoms with E-state index in [1.54, 1.807) is 25.1 Å². The number of nitrogens with zero attached hydrogens (tertiary/aromatic N) is 2. The van der Waals surface area contributed by atoms with Crippen molar-refractivity contribution in [2.45, 2.75) is 20.2 Å². The van der Waals surface area contributed by atoms with Gasteiger partial charge in [-0.1, -0.05) is 6.07 Å². The molecule has 0 fully saturated rings. The van der Waals surface area contributed by atoms with E-state index in [1.165, 1.54) is 31.3 Å². The Morgan fingerprint density at radius 2 is 2.00 bits per heavy atom. The first-order chi connectivity index (χ1) is 13.7. The normalized spacial score (nSPS) is 11.0. The number of halogens is 3. The number of carbonyl (C=O) groups excluding carboxylic acids is 1. The first-order valence-corrected chi connectivity index (χ1v) is 8.40. The molecule has 29 heavy (non-hydrogen) atoms. The highest BCUT2D eigenvalue weighted by atomic mass is 19.4. The monoisotopic (exact) mass is 400 g/mol. The number of hydrogen-bond acceptors (Lipinski definition) is 5. The summed E-state index contributed by atoms with van der Waals surface area (Å²) in [6, 6.07) is 10.7. The van der Waals surface area contributed by atoms with Crippen LogP contribution in [0.1, 0.15) is 18.1 Å². The first kappa shape index (κ1) is 19.9. The van der Waals surface area contributed by atoms with Gasteiger partial charge in [0.1, 0.15) is 11.8 Å². The lowest BCUT2D eigenvalue weighted by atomic mass is 10.1.